The van der Waals surface area contributed by atoms with Gasteiger partial charge in [-0.05, 0) is 105 Å². The topological polar surface area (TPSA) is 91.4 Å². The Kier molecular flexibility index (Phi) is 10.0. The largest absolute Gasteiger partial charge is 0.453 e. The van der Waals surface area contributed by atoms with Gasteiger partial charge in [0.25, 0.3) is 0 Å². The van der Waals surface area contributed by atoms with E-state index in [9.17, 15) is 13.2 Å². The molecule has 262 valence electrons. The van der Waals surface area contributed by atoms with Crippen LogP contribution in [0.25, 0.3) is 0 Å². The molecular weight excluding hydrogens is 631 g/mol. The molecule has 3 aliphatic heterocycles. The number of ether oxygens (including phenoxy) is 2. The molecule has 0 unspecified atom stereocenters. The molecule has 2 aliphatic carbocycles. The minimum absolute atomic E-state index is 0.0244. The lowest BCUT2D eigenvalue weighted by molar-refractivity contribution is -0.00681. The summed E-state index contributed by atoms with van der Waals surface area (Å²) in [6.07, 6.45) is 6.12. The van der Waals surface area contributed by atoms with E-state index in [0.29, 0.717) is 29.9 Å². The van der Waals surface area contributed by atoms with Gasteiger partial charge in [-0.15, -0.1) is 0 Å². The molecule has 9 nitrogen and oxygen atoms in total. The molecule has 0 spiro atoms. The highest BCUT2D eigenvalue weighted by molar-refractivity contribution is 7.92. The van der Waals surface area contributed by atoms with Crippen molar-refractivity contribution in [3.8, 4) is 0 Å². The Morgan fingerprint density at radius 3 is 2.35 bits per heavy atom. The Bertz CT molecular complexity index is 1520. The van der Waals surface area contributed by atoms with Crippen molar-refractivity contribution in [1.82, 2.24) is 15.1 Å². The summed E-state index contributed by atoms with van der Waals surface area (Å²) in [6, 6.07) is 14.7. The number of anilines is 1. The molecule has 5 aliphatic rings. The van der Waals surface area contributed by atoms with Crippen LogP contribution in [-0.2, 0) is 24.7 Å². The number of carbonyl (C=O) groups excluding carboxylic acids is 1. The van der Waals surface area contributed by atoms with Crippen molar-refractivity contribution in [2.24, 2.45) is 17.8 Å². The van der Waals surface area contributed by atoms with Crippen LogP contribution >= 0.6 is 0 Å². The lowest BCUT2D eigenvalue weighted by Gasteiger charge is -2.53. The molecule has 7 rings (SSSR count). The molecule has 11 heteroatoms. The predicted octanol–water partition coefficient (Wildman–Crippen LogP) is 4.70. The molecule has 1 amide bonds. The van der Waals surface area contributed by atoms with E-state index in [1.165, 1.54) is 13.2 Å². The molecule has 3 atom stereocenters. The molecule has 3 saturated heterocycles. The summed E-state index contributed by atoms with van der Waals surface area (Å²) in [5.41, 5.74) is 1.83. The maximum Gasteiger partial charge on any atom is 0.407 e. The summed E-state index contributed by atoms with van der Waals surface area (Å²) < 4.78 is 51.0. The summed E-state index contributed by atoms with van der Waals surface area (Å²) in [5.74, 6) is 0.872. The third kappa shape index (κ3) is 6.98. The number of nitrogens with zero attached hydrogens (tertiary/aromatic N) is 3. The first kappa shape index (κ1) is 33.8. The molecule has 5 fully saturated rings. The maximum absolute atomic E-state index is 15.0. The number of benzene rings is 2. The average Bonchev–Trinajstić information content (AvgIpc) is 3.86. The van der Waals surface area contributed by atoms with Crippen LogP contribution in [0.1, 0.15) is 50.5 Å². The molecule has 2 saturated carbocycles. The van der Waals surface area contributed by atoms with Gasteiger partial charge in [0.05, 0.1) is 30.5 Å². The third-order valence-electron chi connectivity index (χ3n) is 11.9. The summed E-state index contributed by atoms with van der Waals surface area (Å²) in [6.45, 7) is 8.93. The predicted molar refractivity (Wildman–Crippen MR) is 184 cm³/mol. The van der Waals surface area contributed by atoms with E-state index in [2.05, 4.69) is 26.1 Å². The number of nitrogens with one attached hydrogen (secondary N) is 1. The lowest BCUT2D eigenvalue weighted by Crippen LogP contribution is -2.59. The van der Waals surface area contributed by atoms with Crippen LogP contribution in [0.5, 0.6) is 0 Å². The number of hydrogen-bond donors (Lipinski definition) is 1. The van der Waals surface area contributed by atoms with E-state index in [4.69, 9.17) is 9.47 Å². The van der Waals surface area contributed by atoms with Crippen molar-refractivity contribution < 1.29 is 27.1 Å². The van der Waals surface area contributed by atoms with Crippen LogP contribution in [-0.4, -0.2) is 108 Å². The van der Waals surface area contributed by atoms with Crippen LogP contribution in [0.15, 0.2) is 53.4 Å². The van der Waals surface area contributed by atoms with Gasteiger partial charge in [0.1, 0.15) is 5.82 Å². The van der Waals surface area contributed by atoms with Crippen LogP contribution in [0.4, 0.5) is 14.9 Å². The van der Waals surface area contributed by atoms with Crippen LogP contribution in [0.3, 0.4) is 0 Å². The maximum atomic E-state index is 15.0. The highest BCUT2D eigenvalue weighted by Crippen LogP contribution is 2.51. The second kappa shape index (κ2) is 14.2. The molecule has 48 heavy (non-hydrogen) atoms. The van der Waals surface area contributed by atoms with E-state index in [0.717, 1.165) is 109 Å². The Balaban J connectivity index is 1.04. The minimum atomic E-state index is -3.16. The number of rotatable bonds is 11. The summed E-state index contributed by atoms with van der Waals surface area (Å²) in [5, 5.41) is 3.00. The van der Waals surface area contributed by atoms with Crippen molar-refractivity contribution in [1.29, 1.82) is 0 Å². The Morgan fingerprint density at radius 2 is 1.69 bits per heavy atom. The van der Waals surface area contributed by atoms with E-state index in [-0.39, 0.29) is 28.4 Å². The van der Waals surface area contributed by atoms with Gasteiger partial charge in [0.15, 0.2) is 9.84 Å². The number of piperidine rings is 1. The fraction of sp³-hybridized carbons (Fsp3) is 0.649. The lowest BCUT2D eigenvalue weighted by atomic mass is 9.58. The molecule has 3 heterocycles. The first-order chi connectivity index (χ1) is 23.3. The highest BCUT2D eigenvalue weighted by atomic mass is 32.2. The Morgan fingerprint density at radius 1 is 0.958 bits per heavy atom. The fourth-order valence-corrected chi connectivity index (χ4v) is 10.9. The second-order valence-corrected chi connectivity index (χ2v) is 17.0. The van der Waals surface area contributed by atoms with E-state index in [1.54, 1.807) is 18.2 Å². The highest BCUT2D eigenvalue weighted by Gasteiger charge is 2.53. The van der Waals surface area contributed by atoms with Gasteiger partial charge in [-0.2, -0.15) is 0 Å². The van der Waals surface area contributed by atoms with Crippen molar-refractivity contribution >= 4 is 21.6 Å². The van der Waals surface area contributed by atoms with Gasteiger partial charge in [0, 0.05) is 62.3 Å². The van der Waals surface area contributed by atoms with Gasteiger partial charge in [-0.3, -0.25) is 4.90 Å². The first-order valence-electron chi connectivity index (χ1n) is 18.0. The number of morpholine rings is 1. The zero-order valence-corrected chi connectivity index (χ0v) is 29.0. The quantitative estimate of drug-likeness (QED) is 0.365. The molecule has 0 bridgehead atoms. The number of hydrogen-bond acceptors (Lipinski definition) is 8. The number of halogens is 1. The van der Waals surface area contributed by atoms with Gasteiger partial charge in [0.2, 0.25) is 0 Å². The van der Waals surface area contributed by atoms with Crippen molar-refractivity contribution in [2.75, 3.05) is 77.6 Å². The zero-order valence-electron chi connectivity index (χ0n) is 28.2. The summed E-state index contributed by atoms with van der Waals surface area (Å²) >= 11 is 0. The normalized spacial score (nSPS) is 26.2. The van der Waals surface area contributed by atoms with Gasteiger partial charge < -0.3 is 24.6 Å². The van der Waals surface area contributed by atoms with E-state index >= 15 is 4.39 Å². The Labute approximate surface area is 285 Å². The smallest absolute Gasteiger partial charge is 0.407 e. The van der Waals surface area contributed by atoms with Gasteiger partial charge >= 0.3 is 6.09 Å². The van der Waals surface area contributed by atoms with Crippen LogP contribution in [0, 0.1) is 23.6 Å². The SMILES string of the molecule is COC(=O)N[C@H]1CCC[C@@H]1[C@](CN1CCOCC1)(c1cccc(F)c1)C1CCN(CC2CN(c3ccc(S(=O)(=O)C4CC4)cc3)C2)CC1. The van der Waals surface area contributed by atoms with E-state index < -0.39 is 15.9 Å². The van der Waals surface area contributed by atoms with Gasteiger partial charge in [-0.25, -0.2) is 17.6 Å². The summed E-state index contributed by atoms with van der Waals surface area (Å²) in [7, 11) is -1.74. The minimum Gasteiger partial charge on any atom is -0.453 e. The van der Waals surface area contributed by atoms with Crippen molar-refractivity contribution in [3.63, 3.8) is 0 Å². The second-order valence-electron chi connectivity index (χ2n) is 14.8. The average molecular weight is 683 g/mol. The number of carbonyl (C=O) groups is 1. The summed E-state index contributed by atoms with van der Waals surface area (Å²) in [4.78, 5) is 20.4. The molecule has 1 N–H and O–H groups in total. The standard InChI is InChI=1S/C37H51FN4O5S/c1-46-36(43)39-35-7-3-6-34(35)37(26-41-18-20-47-21-19-41,29-4-2-5-30(38)22-29)28-14-16-40(17-15-28)23-27-24-42(25-27)31-8-10-32(11-9-31)48(44,45)33-12-13-33/h2,4-5,8-11,22,27-28,33-35H,3,6-7,12-21,23-26H2,1H3,(H,39,43)/t34-,35-,37-/m0/s1. The zero-order chi connectivity index (χ0) is 33.3. The molecular formula is C37H51FN4O5S. The first-order valence-corrected chi connectivity index (χ1v) is 19.5. The van der Waals surface area contributed by atoms with Crippen molar-refractivity contribution in [2.45, 2.75) is 66.5 Å². The monoisotopic (exact) mass is 682 g/mol. The van der Waals surface area contributed by atoms with Crippen LogP contribution < -0.4 is 10.2 Å². The van der Waals surface area contributed by atoms with Crippen molar-refractivity contribution in [3.05, 3.63) is 59.9 Å². The number of sulfone groups is 1. The van der Waals surface area contributed by atoms with Gasteiger partial charge in [-0.1, -0.05) is 18.6 Å². The number of alkyl carbamates (subject to hydrolysis) is 1. The molecule has 0 aromatic heterocycles. The third-order valence-corrected chi connectivity index (χ3v) is 14.2. The molecule has 2 aromatic carbocycles. The van der Waals surface area contributed by atoms with Crippen LogP contribution in [0.2, 0.25) is 0 Å². The number of amides is 1. The fourth-order valence-electron chi connectivity index (χ4n) is 9.27. The number of likely N-dealkylation sites (tertiary alicyclic amines) is 1. The molecule has 2 aromatic rings. The Hall–Kier alpha value is -2.73. The number of methoxy groups -OCH3 is 1. The molecule has 0 radical (unpaired) electrons. The van der Waals surface area contributed by atoms with E-state index in [1.807, 2.05) is 18.2 Å².